The third-order valence-electron chi connectivity index (χ3n) is 3.52. The summed E-state index contributed by atoms with van der Waals surface area (Å²) in [5.74, 6) is 1.10. The summed E-state index contributed by atoms with van der Waals surface area (Å²) in [4.78, 5) is 12.3. The minimum atomic E-state index is -0.264. The molecule has 0 fully saturated rings. The van der Waals surface area contributed by atoms with E-state index in [1.807, 2.05) is 20.8 Å². The summed E-state index contributed by atoms with van der Waals surface area (Å²) in [5.41, 5.74) is 0.219. The molecular weight excluding hydrogens is 378 g/mol. The number of anilines is 1. The standard InChI is InChI=1S/C16H20ClN5O3S/c1-16(2,3)22-15(19-20-21-22)26-9-14(23)18-11-8-13-12(7-10(11)17)24-5-4-6-25-13/h7-8H,4-6,9H2,1-3H3,(H,18,23). The number of carbonyl (C=O) groups excluding carboxylic acids is 1. The number of nitrogens with one attached hydrogen (secondary N) is 1. The van der Waals surface area contributed by atoms with E-state index in [1.54, 1.807) is 16.8 Å². The van der Waals surface area contributed by atoms with Crippen LogP contribution in [0.5, 0.6) is 11.5 Å². The number of tetrazole rings is 1. The van der Waals surface area contributed by atoms with Crippen LogP contribution < -0.4 is 14.8 Å². The first-order valence-corrected chi connectivity index (χ1v) is 9.51. The average Bonchev–Trinajstić information content (AvgIpc) is 2.94. The number of benzene rings is 1. The first kappa shape index (κ1) is 18.8. The third kappa shape index (κ3) is 4.39. The third-order valence-corrected chi connectivity index (χ3v) is 4.75. The lowest BCUT2D eigenvalue weighted by Gasteiger charge is -2.19. The van der Waals surface area contributed by atoms with Gasteiger partial charge < -0.3 is 14.8 Å². The normalized spacial score (nSPS) is 14.0. The zero-order chi connectivity index (χ0) is 18.7. The number of fused-ring (bicyclic) bond motifs is 1. The topological polar surface area (TPSA) is 91.2 Å². The van der Waals surface area contributed by atoms with Crippen LogP contribution in [0.15, 0.2) is 17.3 Å². The van der Waals surface area contributed by atoms with E-state index in [9.17, 15) is 4.79 Å². The maximum absolute atomic E-state index is 12.3. The van der Waals surface area contributed by atoms with Crippen LogP contribution in [0.2, 0.25) is 5.02 Å². The molecule has 1 aliphatic rings. The molecule has 1 aromatic heterocycles. The number of carbonyl (C=O) groups is 1. The predicted molar refractivity (Wildman–Crippen MR) is 99.2 cm³/mol. The summed E-state index contributed by atoms with van der Waals surface area (Å²) in [6, 6.07) is 3.34. The summed E-state index contributed by atoms with van der Waals surface area (Å²) >= 11 is 7.51. The number of aromatic nitrogens is 4. The Labute approximate surface area is 160 Å². The molecule has 0 aliphatic carbocycles. The summed E-state index contributed by atoms with van der Waals surface area (Å²) in [6.07, 6.45) is 0.799. The zero-order valence-corrected chi connectivity index (χ0v) is 16.4. The summed E-state index contributed by atoms with van der Waals surface area (Å²) in [6.45, 7) is 7.11. The molecule has 3 rings (SSSR count). The molecule has 8 nitrogen and oxygen atoms in total. The van der Waals surface area contributed by atoms with Crippen LogP contribution in [0.25, 0.3) is 0 Å². The van der Waals surface area contributed by atoms with Crippen LogP contribution in [0, 0.1) is 0 Å². The average molecular weight is 398 g/mol. The van der Waals surface area contributed by atoms with E-state index in [1.165, 1.54) is 11.8 Å². The molecule has 0 spiro atoms. The minimum Gasteiger partial charge on any atom is -0.490 e. The van der Waals surface area contributed by atoms with E-state index in [0.717, 1.165) is 6.42 Å². The smallest absolute Gasteiger partial charge is 0.234 e. The van der Waals surface area contributed by atoms with Crippen molar-refractivity contribution in [3.05, 3.63) is 17.2 Å². The van der Waals surface area contributed by atoms with Crippen LogP contribution in [-0.4, -0.2) is 45.1 Å². The van der Waals surface area contributed by atoms with Crippen LogP contribution in [0.1, 0.15) is 27.2 Å². The van der Waals surface area contributed by atoms with E-state index in [-0.39, 0.29) is 17.2 Å². The number of halogens is 1. The van der Waals surface area contributed by atoms with Gasteiger partial charge in [-0.3, -0.25) is 4.79 Å². The number of hydrogen-bond acceptors (Lipinski definition) is 7. The molecule has 0 atom stereocenters. The van der Waals surface area contributed by atoms with Crippen molar-refractivity contribution in [1.29, 1.82) is 0 Å². The van der Waals surface area contributed by atoms with Crippen LogP contribution >= 0.6 is 23.4 Å². The quantitative estimate of drug-likeness (QED) is 0.793. The Morgan fingerprint density at radius 1 is 1.31 bits per heavy atom. The maximum Gasteiger partial charge on any atom is 0.234 e. The lowest BCUT2D eigenvalue weighted by molar-refractivity contribution is -0.113. The van der Waals surface area contributed by atoms with Gasteiger partial charge in [0.1, 0.15) is 0 Å². The second-order valence-electron chi connectivity index (χ2n) is 6.71. The van der Waals surface area contributed by atoms with Crippen molar-refractivity contribution in [3.63, 3.8) is 0 Å². The molecule has 140 valence electrons. The Balaban J connectivity index is 1.66. The van der Waals surface area contributed by atoms with Crippen LogP contribution in [-0.2, 0) is 10.3 Å². The van der Waals surface area contributed by atoms with Gasteiger partial charge in [0.2, 0.25) is 11.1 Å². The molecule has 0 unspecified atom stereocenters. The Morgan fingerprint density at radius 3 is 2.69 bits per heavy atom. The van der Waals surface area contributed by atoms with E-state index in [0.29, 0.717) is 40.6 Å². The van der Waals surface area contributed by atoms with Crippen molar-refractivity contribution in [2.75, 3.05) is 24.3 Å². The van der Waals surface area contributed by atoms with Gasteiger partial charge >= 0.3 is 0 Å². The molecule has 0 saturated heterocycles. The van der Waals surface area contributed by atoms with Crippen LogP contribution in [0.4, 0.5) is 5.69 Å². The van der Waals surface area contributed by atoms with Gasteiger partial charge in [0.05, 0.1) is 35.2 Å². The van der Waals surface area contributed by atoms with Crippen molar-refractivity contribution in [1.82, 2.24) is 20.2 Å². The fraction of sp³-hybridized carbons (Fsp3) is 0.500. The maximum atomic E-state index is 12.3. The largest absolute Gasteiger partial charge is 0.490 e. The second-order valence-corrected chi connectivity index (χ2v) is 8.06. The van der Waals surface area contributed by atoms with Crippen molar-refractivity contribution in [2.45, 2.75) is 37.9 Å². The van der Waals surface area contributed by atoms with E-state index in [4.69, 9.17) is 21.1 Å². The summed E-state index contributed by atoms with van der Waals surface area (Å²) < 4.78 is 12.9. The molecular formula is C16H20ClN5O3S. The van der Waals surface area contributed by atoms with Gasteiger partial charge in [-0.25, -0.2) is 4.68 Å². The molecule has 1 amide bonds. The first-order valence-electron chi connectivity index (χ1n) is 8.15. The number of nitrogens with zero attached hydrogens (tertiary/aromatic N) is 4. The number of amides is 1. The minimum absolute atomic E-state index is 0.154. The van der Waals surface area contributed by atoms with Crippen LogP contribution in [0.3, 0.4) is 0 Å². The molecule has 0 saturated carbocycles. The molecule has 10 heteroatoms. The number of thioether (sulfide) groups is 1. The second kappa shape index (κ2) is 7.71. The highest BCUT2D eigenvalue weighted by Gasteiger charge is 2.21. The Kier molecular flexibility index (Phi) is 5.57. The van der Waals surface area contributed by atoms with E-state index >= 15 is 0 Å². The van der Waals surface area contributed by atoms with Gasteiger partial charge in [0.25, 0.3) is 0 Å². The fourth-order valence-corrected chi connectivity index (χ4v) is 3.35. The molecule has 1 aliphatic heterocycles. The number of ether oxygens (including phenoxy) is 2. The van der Waals surface area contributed by atoms with Gasteiger partial charge in [0, 0.05) is 18.6 Å². The molecule has 0 bridgehead atoms. The van der Waals surface area contributed by atoms with Crippen molar-refractivity contribution >= 4 is 35.0 Å². The lowest BCUT2D eigenvalue weighted by atomic mass is 10.1. The molecule has 1 N–H and O–H groups in total. The van der Waals surface area contributed by atoms with Crippen molar-refractivity contribution < 1.29 is 14.3 Å². The molecule has 0 radical (unpaired) electrons. The van der Waals surface area contributed by atoms with Gasteiger partial charge in [-0.1, -0.05) is 23.4 Å². The SMILES string of the molecule is CC(C)(C)n1nnnc1SCC(=O)Nc1cc2c(cc1Cl)OCCCO2. The van der Waals surface area contributed by atoms with E-state index < -0.39 is 0 Å². The molecule has 2 heterocycles. The zero-order valence-electron chi connectivity index (χ0n) is 14.8. The Hall–Kier alpha value is -2.00. The van der Waals surface area contributed by atoms with Crippen molar-refractivity contribution in [3.8, 4) is 11.5 Å². The fourth-order valence-electron chi connectivity index (χ4n) is 2.29. The highest BCUT2D eigenvalue weighted by atomic mass is 35.5. The molecule has 26 heavy (non-hydrogen) atoms. The Morgan fingerprint density at radius 2 is 2.00 bits per heavy atom. The number of hydrogen-bond donors (Lipinski definition) is 1. The Bertz CT molecular complexity index is 806. The lowest BCUT2D eigenvalue weighted by Crippen LogP contribution is -2.24. The van der Waals surface area contributed by atoms with Gasteiger partial charge in [0.15, 0.2) is 11.5 Å². The highest BCUT2D eigenvalue weighted by molar-refractivity contribution is 7.99. The van der Waals surface area contributed by atoms with Gasteiger partial charge in [-0.2, -0.15) is 0 Å². The number of rotatable bonds is 4. The predicted octanol–water partition coefficient (Wildman–Crippen LogP) is 2.97. The first-order chi connectivity index (χ1) is 12.3. The van der Waals surface area contributed by atoms with Crippen molar-refractivity contribution in [2.24, 2.45) is 0 Å². The monoisotopic (exact) mass is 397 g/mol. The van der Waals surface area contributed by atoms with Gasteiger partial charge in [-0.15, -0.1) is 5.10 Å². The highest BCUT2D eigenvalue weighted by Crippen LogP contribution is 2.37. The summed E-state index contributed by atoms with van der Waals surface area (Å²) in [5, 5.41) is 15.4. The van der Waals surface area contributed by atoms with E-state index in [2.05, 4.69) is 20.8 Å². The summed E-state index contributed by atoms with van der Waals surface area (Å²) in [7, 11) is 0. The molecule has 1 aromatic carbocycles. The van der Waals surface area contributed by atoms with Gasteiger partial charge in [-0.05, 0) is 31.2 Å². The molecule has 2 aromatic rings.